The number of hydrogen-bond donors (Lipinski definition) is 2. The van der Waals surface area contributed by atoms with Crippen molar-refractivity contribution < 1.29 is 24.2 Å². The van der Waals surface area contributed by atoms with Gasteiger partial charge in [0.05, 0.1) is 26.4 Å². The van der Waals surface area contributed by atoms with Crippen LogP contribution in [0.25, 0.3) is 0 Å². The number of aliphatic hydroxyl groups is 1. The van der Waals surface area contributed by atoms with E-state index in [9.17, 15) is 0 Å². The minimum Gasteiger partial charge on any atom is -0.402 e. The molecule has 0 atom stereocenters. The van der Waals surface area contributed by atoms with E-state index in [1.54, 1.807) is 0 Å². The summed E-state index contributed by atoms with van der Waals surface area (Å²) >= 11 is 0. The third-order valence-electron chi connectivity index (χ3n) is 0.925. The van der Waals surface area contributed by atoms with Crippen molar-refractivity contribution in [2.75, 3.05) is 33.5 Å². The molecule has 11 heavy (non-hydrogen) atoms. The van der Waals surface area contributed by atoms with E-state index in [4.69, 9.17) is 14.9 Å². The normalized spacial score (nSPS) is 10.1. The summed E-state index contributed by atoms with van der Waals surface area (Å²) in [5.74, 6) is 0. The second-order valence-corrected chi connectivity index (χ2v) is 1.75. The first-order valence-electron chi connectivity index (χ1n) is 3.32. The lowest BCUT2D eigenvalue weighted by molar-refractivity contribution is 0.0542. The van der Waals surface area contributed by atoms with Crippen molar-refractivity contribution >= 4 is 7.32 Å². The van der Waals surface area contributed by atoms with Crippen molar-refractivity contribution in [3.05, 3.63) is 0 Å². The Labute approximate surface area is 66.1 Å². The van der Waals surface area contributed by atoms with Crippen molar-refractivity contribution in [3.63, 3.8) is 0 Å². The molecule has 66 valence electrons. The Morgan fingerprint density at radius 2 is 2.00 bits per heavy atom. The summed E-state index contributed by atoms with van der Waals surface area (Å²) in [5.41, 5.74) is 0. The van der Waals surface area contributed by atoms with Crippen LogP contribution in [0, 0.1) is 0 Å². The maximum atomic E-state index is 8.67. The molecule has 0 aromatic rings. The van der Waals surface area contributed by atoms with E-state index in [0.717, 1.165) is 0 Å². The highest BCUT2D eigenvalue weighted by Gasteiger charge is 2.11. The van der Waals surface area contributed by atoms with Gasteiger partial charge in [-0.25, -0.2) is 0 Å². The Kier molecular flexibility index (Phi) is 7.87. The number of aliphatic hydroxyl groups excluding tert-OH is 1. The molecule has 0 aliphatic rings. The fourth-order valence-electron chi connectivity index (χ4n) is 0.443. The molecule has 2 N–H and O–H groups in total. The summed E-state index contributed by atoms with van der Waals surface area (Å²) in [7, 11) is 0.145. The van der Waals surface area contributed by atoms with Crippen LogP contribution in [0.4, 0.5) is 0 Å². The van der Waals surface area contributed by atoms with E-state index < -0.39 is 7.32 Å². The predicted octanol–water partition coefficient (Wildman–Crippen LogP) is -1.36. The fourth-order valence-corrected chi connectivity index (χ4v) is 0.443. The molecule has 0 aliphatic heterocycles. The van der Waals surface area contributed by atoms with Crippen LogP contribution < -0.4 is 0 Å². The van der Waals surface area contributed by atoms with Gasteiger partial charge in [-0.2, -0.15) is 0 Å². The molecule has 0 radical (unpaired) electrons. The maximum Gasteiger partial charge on any atom is 0.636 e. The summed E-state index contributed by atoms with van der Waals surface area (Å²) in [6, 6.07) is 0. The van der Waals surface area contributed by atoms with E-state index in [1.807, 2.05) is 0 Å². The molecular weight excluding hydrogens is 151 g/mol. The lowest BCUT2D eigenvalue weighted by atomic mass is 10.2. The van der Waals surface area contributed by atoms with Gasteiger partial charge in [0, 0.05) is 7.11 Å². The van der Waals surface area contributed by atoms with Crippen LogP contribution in [-0.2, 0) is 14.0 Å². The quantitative estimate of drug-likeness (QED) is 0.359. The highest BCUT2D eigenvalue weighted by Crippen LogP contribution is 1.82. The van der Waals surface area contributed by atoms with Gasteiger partial charge in [-0.3, -0.25) is 0 Å². The summed E-state index contributed by atoms with van der Waals surface area (Å²) in [6.45, 7) is 0.856. The summed E-state index contributed by atoms with van der Waals surface area (Å²) < 4.78 is 13.9. The molecule has 0 heterocycles. The SMILES string of the molecule is COB(O)OCCOCCO. The van der Waals surface area contributed by atoms with E-state index in [0.29, 0.717) is 6.61 Å². The van der Waals surface area contributed by atoms with Crippen LogP contribution >= 0.6 is 0 Å². The topological polar surface area (TPSA) is 68.2 Å². The van der Waals surface area contributed by atoms with E-state index in [-0.39, 0.29) is 19.8 Å². The molecule has 0 saturated carbocycles. The molecule has 0 fully saturated rings. The van der Waals surface area contributed by atoms with Crippen LogP contribution in [-0.4, -0.2) is 51.0 Å². The van der Waals surface area contributed by atoms with Gasteiger partial charge in [0.15, 0.2) is 0 Å². The molecule has 0 amide bonds. The molecule has 0 bridgehead atoms. The molecule has 0 saturated heterocycles. The Balaban J connectivity index is 2.89. The average Bonchev–Trinajstić information content (AvgIpc) is 2.04. The minimum absolute atomic E-state index is 0.00711. The van der Waals surface area contributed by atoms with Crippen LogP contribution in [0.15, 0.2) is 0 Å². The predicted molar refractivity (Wildman–Crippen MR) is 38.8 cm³/mol. The zero-order valence-corrected chi connectivity index (χ0v) is 6.52. The molecule has 0 aliphatic carbocycles. The highest BCUT2D eigenvalue weighted by atomic mass is 16.7. The van der Waals surface area contributed by atoms with Gasteiger partial charge in [0.1, 0.15) is 0 Å². The first kappa shape index (κ1) is 10.9. The van der Waals surface area contributed by atoms with Crippen molar-refractivity contribution in [1.82, 2.24) is 0 Å². The largest absolute Gasteiger partial charge is 0.636 e. The van der Waals surface area contributed by atoms with Crippen LogP contribution in [0.2, 0.25) is 0 Å². The van der Waals surface area contributed by atoms with E-state index in [2.05, 4.69) is 9.31 Å². The smallest absolute Gasteiger partial charge is 0.402 e. The molecule has 0 rings (SSSR count). The van der Waals surface area contributed by atoms with Gasteiger partial charge >= 0.3 is 7.32 Å². The standard InChI is InChI=1S/C5H13BO5/c1-9-6(8)11-5-4-10-3-2-7/h7-8H,2-5H2,1H3. The van der Waals surface area contributed by atoms with Crippen molar-refractivity contribution in [2.45, 2.75) is 0 Å². The van der Waals surface area contributed by atoms with Crippen molar-refractivity contribution in [2.24, 2.45) is 0 Å². The zero-order valence-electron chi connectivity index (χ0n) is 6.52. The molecule has 5 nitrogen and oxygen atoms in total. The lowest BCUT2D eigenvalue weighted by Crippen LogP contribution is -2.23. The third-order valence-corrected chi connectivity index (χ3v) is 0.925. The summed E-state index contributed by atoms with van der Waals surface area (Å²) in [5, 5.41) is 16.9. The van der Waals surface area contributed by atoms with Crippen molar-refractivity contribution in [3.8, 4) is 0 Å². The molecular formula is C5H13BO5. The number of hydrogen-bond acceptors (Lipinski definition) is 5. The second kappa shape index (κ2) is 7.97. The molecule has 0 unspecified atom stereocenters. The maximum absolute atomic E-state index is 8.67. The molecule has 6 heteroatoms. The zero-order chi connectivity index (χ0) is 8.53. The van der Waals surface area contributed by atoms with E-state index in [1.165, 1.54) is 7.11 Å². The monoisotopic (exact) mass is 164 g/mol. The van der Waals surface area contributed by atoms with Crippen LogP contribution in [0.5, 0.6) is 0 Å². The Hall–Kier alpha value is -0.135. The fraction of sp³-hybridized carbons (Fsp3) is 1.00. The van der Waals surface area contributed by atoms with Gasteiger partial charge in [-0.05, 0) is 0 Å². The first-order valence-corrected chi connectivity index (χ1v) is 3.32. The van der Waals surface area contributed by atoms with Gasteiger partial charge in [-0.1, -0.05) is 0 Å². The Morgan fingerprint density at radius 1 is 1.27 bits per heavy atom. The highest BCUT2D eigenvalue weighted by molar-refractivity contribution is 6.34. The number of rotatable bonds is 7. The van der Waals surface area contributed by atoms with Crippen LogP contribution in [0.3, 0.4) is 0 Å². The lowest BCUT2D eigenvalue weighted by Gasteiger charge is -2.04. The van der Waals surface area contributed by atoms with Gasteiger partial charge in [0.2, 0.25) is 0 Å². The van der Waals surface area contributed by atoms with Crippen molar-refractivity contribution in [1.29, 1.82) is 0 Å². The van der Waals surface area contributed by atoms with Gasteiger partial charge < -0.3 is 24.2 Å². The second-order valence-electron chi connectivity index (χ2n) is 1.75. The minimum atomic E-state index is -1.19. The first-order chi connectivity index (χ1) is 5.31. The van der Waals surface area contributed by atoms with Gasteiger partial charge in [-0.15, -0.1) is 0 Å². The summed E-state index contributed by atoms with van der Waals surface area (Å²) in [6.07, 6.45) is 0. The van der Waals surface area contributed by atoms with E-state index >= 15 is 0 Å². The number of ether oxygens (including phenoxy) is 1. The Morgan fingerprint density at radius 3 is 2.55 bits per heavy atom. The Bertz CT molecular complexity index is 81.3. The third kappa shape index (κ3) is 7.76. The van der Waals surface area contributed by atoms with Gasteiger partial charge in [0.25, 0.3) is 0 Å². The van der Waals surface area contributed by atoms with Crippen LogP contribution in [0.1, 0.15) is 0 Å². The molecule has 0 aromatic heterocycles. The summed E-state index contributed by atoms with van der Waals surface area (Å²) in [4.78, 5) is 0. The molecule has 0 spiro atoms. The average molecular weight is 164 g/mol. The molecule has 0 aromatic carbocycles.